The van der Waals surface area contributed by atoms with Gasteiger partial charge in [-0.15, -0.1) is 0 Å². The number of nitrogens with zero attached hydrogens (tertiary/aromatic N) is 2. The van der Waals surface area contributed by atoms with E-state index in [1.54, 1.807) is 0 Å². The molecule has 14 rings (SSSR count). The van der Waals surface area contributed by atoms with Crippen molar-refractivity contribution in [3.05, 3.63) is 269 Å². The number of hydrogen-bond acceptors (Lipinski definition) is 3. The lowest BCUT2D eigenvalue weighted by Crippen LogP contribution is -2.81. The van der Waals surface area contributed by atoms with E-state index in [0.29, 0.717) is 17.8 Å². The summed E-state index contributed by atoms with van der Waals surface area (Å²) in [6, 6.07) is 87.8. The number of fused-ring (bicyclic) bond motifs is 16. The molecule has 0 unspecified atom stereocenters. The lowest BCUT2D eigenvalue weighted by Gasteiger charge is -2.55. The number of anilines is 6. The molecule has 3 nitrogen and oxygen atoms in total. The van der Waals surface area contributed by atoms with Gasteiger partial charge in [0.15, 0.2) is 8.07 Å². The van der Waals surface area contributed by atoms with Crippen molar-refractivity contribution >= 4 is 86.0 Å². The van der Waals surface area contributed by atoms with Crippen LogP contribution in [0.1, 0.15) is 98.2 Å². The number of ether oxygens (including phenoxy) is 1. The molecule has 5 heteroatoms. The zero-order valence-corrected chi connectivity index (χ0v) is 44.6. The predicted octanol–water partition coefficient (Wildman–Crippen LogP) is 13.3. The van der Waals surface area contributed by atoms with Gasteiger partial charge in [-0.1, -0.05) is 223 Å². The van der Waals surface area contributed by atoms with Gasteiger partial charge < -0.3 is 14.5 Å². The van der Waals surface area contributed by atoms with Crippen molar-refractivity contribution in [3.63, 3.8) is 0 Å². The summed E-state index contributed by atoms with van der Waals surface area (Å²) < 4.78 is 7.13. The van der Waals surface area contributed by atoms with Gasteiger partial charge >= 0.3 is 0 Å². The molecule has 0 aliphatic carbocycles. The van der Waals surface area contributed by atoms with Crippen molar-refractivity contribution in [3.8, 4) is 11.5 Å². The number of rotatable bonds is 6. The Hall–Kier alpha value is -8.12. The van der Waals surface area contributed by atoms with Crippen LogP contribution in [0.25, 0.3) is 0 Å². The molecule has 362 valence electrons. The Labute approximate surface area is 443 Å². The highest BCUT2D eigenvalue weighted by Crippen LogP contribution is 2.59. The molecule has 4 aliphatic heterocycles. The molecule has 0 radical (unpaired) electrons. The molecule has 0 N–H and O–H groups in total. The van der Waals surface area contributed by atoms with E-state index >= 15 is 0 Å². The molecule has 4 aliphatic rings. The lowest BCUT2D eigenvalue weighted by molar-refractivity contribution is 0.487. The minimum atomic E-state index is -3.04. The van der Waals surface area contributed by atoms with Crippen LogP contribution in [0.5, 0.6) is 11.5 Å². The van der Waals surface area contributed by atoms with E-state index in [9.17, 15) is 0 Å². The SMILES string of the molecule is CC(C)c1cc(C(C)C)c(B2c3ccccc3Oc3cc(N4c5ccccc5C5(c6ccccc64)c4ccccc4[Si]4(c6ccccc6N(c6ccccc6)c6ccccc64)c4ccccc45)ccc32)c(C(C)C)c1. The fraction of sp³-hybridized carbons (Fsp3) is 0.143. The molecule has 75 heavy (non-hydrogen) atoms. The topological polar surface area (TPSA) is 15.7 Å². The summed E-state index contributed by atoms with van der Waals surface area (Å²) in [6.45, 7) is 14.1. The largest absolute Gasteiger partial charge is 0.458 e. The Morgan fingerprint density at radius 2 is 0.813 bits per heavy atom. The van der Waals surface area contributed by atoms with Gasteiger partial charge in [0, 0.05) is 28.8 Å². The Balaban J connectivity index is 1.00. The highest BCUT2D eigenvalue weighted by atomic mass is 28.3. The first-order chi connectivity index (χ1) is 36.7. The van der Waals surface area contributed by atoms with Gasteiger partial charge in [0.25, 0.3) is 6.71 Å². The van der Waals surface area contributed by atoms with E-state index in [2.05, 4.69) is 282 Å². The monoisotopic (exact) mass is 982 g/mol. The van der Waals surface area contributed by atoms with E-state index in [1.807, 2.05) is 0 Å². The number of para-hydroxylation sites is 6. The second kappa shape index (κ2) is 17.2. The van der Waals surface area contributed by atoms with Gasteiger partial charge in [0.1, 0.15) is 11.5 Å². The van der Waals surface area contributed by atoms with E-state index in [1.165, 1.54) is 105 Å². The molecular weight excluding hydrogens is 924 g/mol. The summed E-state index contributed by atoms with van der Waals surface area (Å²) >= 11 is 0. The Bertz CT molecular complexity index is 3740. The average molecular weight is 983 g/mol. The molecular formula is C70H59BN2OSi. The van der Waals surface area contributed by atoms with E-state index in [-0.39, 0.29) is 6.71 Å². The molecule has 0 saturated heterocycles. The van der Waals surface area contributed by atoms with E-state index < -0.39 is 13.5 Å². The van der Waals surface area contributed by atoms with E-state index in [0.717, 1.165) is 17.2 Å². The first kappa shape index (κ1) is 45.5. The maximum absolute atomic E-state index is 7.13. The van der Waals surface area contributed by atoms with Crippen LogP contribution in [-0.4, -0.2) is 14.8 Å². The predicted molar refractivity (Wildman–Crippen MR) is 318 cm³/mol. The molecule has 10 aromatic rings. The standard InChI is InChI=1S/C70H59BN2OSi/c1-45(2)48-42-51(46(3)4)69(52(43-48)47(5)6)71-57-30-14-19-35-63(57)74-64-44-50(40-41-58(64)71)73-59-31-15-10-26-53(59)70(54-27-11-16-32-60(54)73)55-28-12-20-36-65(55)75(66-37-21-13-29-56(66)70)67-38-22-17-33-61(67)72(49-24-8-7-9-25-49)62-34-18-23-39-68(62)75/h7-47H,1-6H3. The first-order valence-corrected chi connectivity index (χ1v) is 29.0. The van der Waals surface area contributed by atoms with Crippen LogP contribution in [0.3, 0.4) is 0 Å². The van der Waals surface area contributed by atoms with Crippen LogP contribution in [0.2, 0.25) is 0 Å². The summed E-state index contributed by atoms with van der Waals surface area (Å²) in [5.41, 5.74) is 19.8. The van der Waals surface area contributed by atoms with Crippen LogP contribution in [0.4, 0.5) is 34.1 Å². The highest BCUT2D eigenvalue weighted by molar-refractivity contribution is 7.22. The summed E-state index contributed by atoms with van der Waals surface area (Å²) in [5, 5.41) is 5.69. The summed E-state index contributed by atoms with van der Waals surface area (Å²) in [5.74, 6) is 2.97. The zero-order chi connectivity index (χ0) is 50.7. The van der Waals surface area contributed by atoms with Crippen LogP contribution in [0.15, 0.2) is 231 Å². The van der Waals surface area contributed by atoms with Crippen molar-refractivity contribution in [1.82, 2.24) is 0 Å². The smallest absolute Gasteiger partial charge is 0.251 e. The molecule has 0 amide bonds. The second-order valence-corrected chi connectivity index (χ2v) is 25.7. The van der Waals surface area contributed by atoms with Crippen molar-refractivity contribution in [2.24, 2.45) is 0 Å². The molecule has 0 atom stereocenters. The molecule has 0 bridgehead atoms. The summed E-state index contributed by atoms with van der Waals surface area (Å²) in [7, 11) is -3.04. The summed E-state index contributed by atoms with van der Waals surface area (Å²) in [4.78, 5) is 5.02. The third-order valence-electron chi connectivity index (χ3n) is 17.2. The van der Waals surface area contributed by atoms with Crippen molar-refractivity contribution in [2.45, 2.75) is 64.7 Å². The lowest BCUT2D eigenvalue weighted by atomic mass is 9.34. The quantitative estimate of drug-likeness (QED) is 0.154. The third kappa shape index (κ3) is 6.34. The van der Waals surface area contributed by atoms with Gasteiger partial charge in [0.05, 0.1) is 16.8 Å². The van der Waals surface area contributed by atoms with Gasteiger partial charge in [0.2, 0.25) is 0 Å². The third-order valence-corrected chi connectivity index (χ3v) is 22.1. The minimum absolute atomic E-state index is 0.0146. The Morgan fingerprint density at radius 1 is 0.373 bits per heavy atom. The maximum Gasteiger partial charge on any atom is 0.251 e. The zero-order valence-electron chi connectivity index (χ0n) is 43.6. The van der Waals surface area contributed by atoms with Crippen LogP contribution in [0, 0.1) is 0 Å². The van der Waals surface area contributed by atoms with Crippen LogP contribution in [-0.2, 0) is 5.41 Å². The maximum atomic E-state index is 7.13. The van der Waals surface area contributed by atoms with Crippen molar-refractivity contribution < 1.29 is 4.74 Å². The fourth-order valence-corrected chi connectivity index (χ4v) is 19.7. The van der Waals surface area contributed by atoms with Gasteiger partial charge in [-0.25, -0.2) is 0 Å². The Kier molecular flexibility index (Phi) is 10.4. The molecule has 0 fully saturated rings. The average Bonchev–Trinajstić information content (AvgIpc) is 3.49. The van der Waals surface area contributed by atoms with Gasteiger partial charge in [-0.05, 0) is 137 Å². The van der Waals surface area contributed by atoms with Crippen LogP contribution < -0.4 is 51.7 Å². The molecule has 10 aromatic carbocycles. The molecule has 4 heterocycles. The number of benzene rings is 10. The second-order valence-electron chi connectivity index (χ2n) is 22.0. The highest BCUT2D eigenvalue weighted by Gasteiger charge is 2.60. The fourth-order valence-electron chi connectivity index (χ4n) is 14.1. The van der Waals surface area contributed by atoms with Gasteiger partial charge in [-0.2, -0.15) is 0 Å². The number of hydrogen-bond donors (Lipinski definition) is 0. The first-order valence-electron chi connectivity index (χ1n) is 27.0. The normalized spacial score (nSPS) is 14.9. The molecule has 2 spiro atoms. The summed E-state index contributed by atoms with van der Waals surface area (Å²) in [6.07, 6.45) is 0. The van der Waals surface area contributed by atoms with Crippen LogP contribution >= 0.6 is 0 Å². The van der Waals surface area contributed by atoms with Crippen molar-refractivity contribution in [2.75, 3.05) is 9.80 Å². The van der Waals surface area contributed by atoms with Gasteiger partial charge in [-0.3, -0.25) is 0 Å². The Morgan fingerprint density at radius 3 is 1.36 bits per heavy atom. The molecule has 0 aromatic heterocycles. The minimum Gasteiger partial charge on any atom is -0.458 e. The molecule has 0 saturated carbocycles. The van der Waals surface area contributed by atoms with Crippen molar-refractivity contribution in [1.29, 1.82) is 0 Å². The van der Waals surface area contributed by atoms with E-state index in [4.69, 9.17) is 4.74 Å².